The van der Waals surface area contributed by atoms with Crippen LogP contribution < -0.4 is 14.5 Å². The van der Waals surface area contributed by atoms with Crippen molar-refractivity contribution in [3.8, 4) is 17.1 Å². The third-order valence-electron chi connectivity index (χ3n) is 6.60. The van der Waals surface area contributed by atoms with Gasteiger partial charge in [-0.15, -0.1) is 0 Å². The number of ether oxygens (including phenoxy) is 1. The second-order valence-electron chi connectivity index (χ2n) is 8.76. The smallest absolute Gasteiger partial charge is 0.326 e. The summed E-state index contributed by atoms with van der Waals surface area (Å²) in [4.78, 5) is 39.9. The molecule has 2 amide bonds. The van der Waals surface area contributed by atoms with Crippen molar-refractivity contribution in [3.05, 3.63) is 70.9 Å². The molecule has 184 valence electrons. The second-order valence-corrected chi connectivity index (χ2v) is 9.19. The first-order valence-electron chi connectivity index (χ1n) is 11.7. The van der Waals surface area contributed by atoms with Crippen molar-refractivity contribution in [1.29, 1.82) is 0 Å². The van der Waals surface area contributed by atoms with E-state index in [9.17, 15) is 9.59 Å². The standard InChI is InChI=1S/C27H26ClN5O3/c1-31-24(17-34)33(22-16-29-25(30-26(22)31)21-5-3-4-6-23(21)36-2)27(35)32-13-11-19(12-14-32)15-18-7-9-20(28)10-8-18/h3-10,15-17,24H,11-14H2,1-2H3. The molecule has 0 bridgehead atoms. The zero-order valence-electron chi connectivity index (χ0n) is 20.1. The topological polar surface area (TPSA) is 78.9 Å². The van der Waals surface area contributed by atoms with Gasteiger partial charge in [0.25, 0.3) is 0 Å². The molecule has 2 aromatic carbocycles. The van der Waals surface area contributed by atoms with Gasteiger partial charge in [0.15, 0.2) is 24.1 Å². The third-order valence-corrected chi connectivity index (χ3v) is 6.85. The van der Waals surface area contributed by atoms with Crippen LogP contribution >= 0.6 is 11.6 Å². The lowest BCUT2D eigenvalue weighted by Crippen LogP contribution is -2.52. The van der Waals surface area contributed by atoms with Crippen LogP contribution in [0.25, 0.3) is 17.5 Å². The number of para-hydroxylation sites is 1. The number of hydrogen-bond donors (Lipinski definition) is 0. The number of fused-ring (bicyclic) bond motifs is 1. The van der Waals surface area contributed by atoms with E-state index in [-0.39, 0.29) is 6.03 Å². The second kappa shape index (κ2) is 9.99. The summed E-state index contributed by atoms with van der Waals surface area (Å²) in [6, 6.07) is 15.0. The molecule has 9 heteroatoms. The number of methoxy groups -OCH3 is 1. The van der Waals surface area contributed by atoms with Gasteiger partial charge in [-0.05, 0) is 42.7 Å². The fraction of sp³-hybridized carbons (Fsp3) is 0.259. The summed E-state index contributed by atoms with van der Waals surface area (Å²) in [5.41, 5.74) is 3.62. The van der Waals surface area contributed by atoms with Crippen LogP contribution in [-0.2, 0) is 4.79 Å². The minimum atomic E-state index is -0.791. The molecule has 2 aliphatic heterocycles. The molecule has 5 rings (SSSR count). The lowest BCUT2D eigenvalue weighted by molar-refractivity contribution is -0.108. The molecule has 0 aliphatic carbocycles. The summed E-state index contributed by atoms with van der Waals surface area (Å²) in [6.07, 6.45) is 5.26. The number of carbonyl (C=O) groups is 2. The van der Waals surface area contributed by atoms with E-state index in [4.69, 9.17) is 21.3 Å². The largest absolute Gasteiger partial charge is 0.496 e. The molecule has 0 radical (unpaired) electrons. The van der Waals surface area contributed by atoms with Crippen molar-refractivity contribution in [2.24, 2.45) is 0 Å². The van der Waals surface area contributed by atoms with Gasteiger partial charge in [0.1, 0.15) is 11.4 Å². The Morgan fingerprint density at radius 3 is 2.53 bits per heavy atom. The van der Waals surface area contributed by atoms with E-state index in [1.807, 2.05) is 48.5 Å². The van der Waals surface area contributed by atoms with Crippen molar-refractivity contribution in [3.63, 3.8) is 0 Å². The van der Waals surface area contributed by atoms with Crippen LogP contribution in [0.5, 0.6) is 5.75 Å². The molecule has 0 spiro atoms. The zero-order chi connectivity index (χ0) is 25.2. The number of nitrogens with zero attached hydrogens (tertiary/aromatic N) is 5. The zero-order valence-corrected chi connectivity index (χ0v) is 20.9. The molecular formula is C27H26ClN5O3. The highest BCUT2D eigenvalue weighted by Gasteiger charge is 2.41. The maximum absolute atomic E-state index is 13.6. The molecule has 8 nitrogen and oxygen atoms in total. The quantitative estimate of drug-likeness (QED) is 0.472. The van der Waals surface area contributed by atoms with Gasteiger partial charge >= 0.3 is 6.03 Å². The van der Waals surface area contributed by atoms with Crippen LogP contribution in [0.15, 0.2) is 60.3 Å². The van der Waals surface area contributed by atoms with Crippen molar-refractivity contribution in [2.75, 3.05) is 37.0 Å². The Morgan fingerprint density at radius 2 is 1.83 bits per heavy atom. The van der Waals surface area contributed by atoms with Crippen molar-refractivity contribution < 1.29 is 14.3 Å². The number of aromatic nitrogens is 2. The van der Waals surface area contributed by atoms with Crippen LogP contribution in [0, 0.1) is 0 Å². The highest BCUT2D eigenvalue weighted by Crippen LogP contribution is 2.39. The van der Waals surface area contributed by atoms with E-state index in [0.717, 1.165) is 30.3 Å². The molecule has 1 fully saturated rings. The summed E-state index contributed by atoms with van der Waals surface area (Å²) in [5, 5.41) is 0.706. The van der Waals surface area contributed by atoms with Gasteiger partial charge in [0.05, 0.1) is 18.9 Å². The number of piperidine rings is 1. The number of benzene rings is 2. The highest BCUT2D eigenvalue weighted by molar-refractivity contribution is 6.30. The Balaban J connectivity index is 1.37. The van der Waals surface area contributed by atoms with Gasteiger partial charge < -0.3 is 14.5 Å². The Morgan fingerprint density at radius 1 is 1.11 bits per heavy atom. The first-order valence-corrected chi connectivity index (χ1v) is 12.1. The SMILES string of the molecule is COc1ccccc1-c1ncc2c(n1)N(C)C(C=O)N2C(=O)N1CCC(=Cc2ccc(Cl)cc2)CC1. The number of carbonyl (C=O) groups excluding carboxylic acids is 2. The molecule has 1 saturated heterocycles. The van der Waals surface area contributed by atoms with Gasteiger partial charge in [-0.3, -0.25) is 9.69 Å². The average molecular weight is 504 g/mol. The van der Waals surface area contributed by atoms with E-state index < -0.39 is 6.17 Å². The Hall–Kier alpha value is -3.91. The number of halogens is 1. The number of anilines is 2. The number of likely N-dealkylation sites (tertiary alicyclic amines) is 1. The molecule has 1 aromatic heterocycles. The number of urea groups is 1. The molecule has 0 N–H and O–H groups in total. The molecule has 36 heavy (non-hydrogen) atoms. The third kappa shape index (κ3) is 4.40. The highest BCUT2D eigenvalue weighted by atomic mass is 35.5. The van der Waals surface area contributed by atoms with E-state index in [1.165, 1.54) is 10.5 Å². The predicted molar refractivity (Wildman–Crippen MR) is 140 cm³/mol. The van der Waals surface area contributed by atoms with Crippen LogP contribution in [0.1, 0.15) is 18.4 Å². The Labute approximate surface area is 214 Å². The summed E-state index contributed by atoms with van der Waals surface area (Å²) < 4.78 is 5.45. The van der Waals surface area contributed by atoms with E-state index >= 15 is 0 Å². The van der Waals surface area contributed by atoms with Crippen LogP contribution in [0.3, 0.4) is 0 Å². The molecule has 1 atom stereocenters. The summed E-state index contributed by atoms with van der Waals surface area (Å²) >= 11 is 5.98. The van der Waals surface area contributed by atoms with Gasteiger partial charge in [-0.1, -0.05) is 47.5 Å². The summed E-state index contributed by atoms with van der Waals surface area (Å²) in [5.74, 6) is 1.64. The molecule has 3 heterocycles. The number of amides is 2. The first kappa shape index (κ1) is 23.8. The fourth-order valence-electron chi connectivity index (χ4n) is 4.64. The summed E-state index contributed by atoms with van der Waals surface area (Å²) in [7, 11) is 3.35. The number of likely N-dealkylation sites (N-methyl/N-ethyl adjacent to an activating group) is 1. The van der Waals surface area contributed by atoms with E-state index in [2.05, 4.69) is 11.1 Å². The van der Waals surface area contributed by atoms with Gasteiger partial charge in [0, 0.05) is 25.2 Å². The lowest BCUT2D eigenvalue weighted by Gasteiger charge is -2.34. The summed E-state index contributed by atoms with van der Waals surface area (Å²) in [6.45, 7) is 1.14. The predicted octanol–water partition coefficient (Wildman–Crippen LogP) is 4.89. The van der Waals surface area contributed by atoms with Crippen molar-refractivity contribution >= 4 is 41.5 Å². The fourth-order valence-corrected chi connectivity index (χ4v) is 4.77. The van der Waals surface area contributed by atoms with Crippen LogP contribution in [0.4, 0.5) is 16.3 Å². The van der Waals surface area contributed by atoms with Gasteiger partial charge in [-0.2, -0.15) is 0 Å². The molecule has 1 unspecified atom stereocenters. The molecule has 3 aromatic rings. The monoisotopic (exact) mass is 503 g/mol. The first-order chi connectivity index (χ1) is 17.5. The lowest BCUT2D eigenvalue weighted by atomic mass is 10.0. The maximum Gasteiger partial charge on any atom is 0.326 e. The Bertz CT molecular complexity index is 1320. The van der Waals surface area contributed by atoms with Crippen LogP contribution in [0.2, 0.25) is 5.02 Å². The number of hydrogen-bond acceptors (Lipinski definition) is 6. The van der Waals surface area contributed by atoms with Crippen molar-refractivity contribution in [1.82, 2.24) is 14.9 Å². The minimum Gasteiger partial charge on any atom is -0.496 e. The average Bonchev–Trinajstić information content (AvgIpc) is 3.20. The Kier molecular flexibility index (Phi) is 6.61. The van der Waals surface area contributed by atoms with E-state index in [1.54, 1.807) is 30.2 Å². The maximum atomic E-state index is 13.6. The molecule has 2 aliphatic rings. The number of rotatable bonds is 4. The van der Waals surface area contributed by atoms with Crippen molar-refractivity contribution in [2.45, 2.75) is 19.0 Å². The minimum absolute atomic E-state index is 0.225. The van der Waals surface area contributed by atoms with Gasteiger partial charge in [-0.25, -0.2) is 14.8 Å². The van der Waals surface area contributed by atoms with Gasteiger partial charge in [0.2, 0.25) is 0 Å². The van der Waals surface area contributed by atoms with E-state index in [0.29, 0.717) is 41.2 Å². The molecular weight excluding hydrogens is 478 g/mol. The number of aldehydes is 1. The molecule has 0 saturated carbocycles. The van der Waals surface area contributed by atoms with Crippen LogP contribution in [-0.4, -0.2) is 60.6 Å². The normalized spacial score (nSPS) is 17.1.